The van der Waals surface area contributed by atoms with Crippen molar-refractivity contribution < 1.29 is 9.59 Å². The molecule has 20 heavy (non-hydrogen) atoms. The molecule has 106 valence electrons. The Labute approximate surface area is 118 Å². The summed E-state index contributed by atoms with van der Waals surface area (Å²) in [6.07, 6.45) is 1.27. The van der Waals surface area contributed by atoms with Crippen LogP contribution in [-0.4, -0.2) is 34.8 Å². The van der Waals surface area contributed by atoms with Gasteiger partial charge in [-0.2, -0.15) is 0 Å². The molecule has 1 aliphatic rings. The van der Waals surface area contributed by atoms with Crippen LogP contribution < -0.4 is 5.32 Å². The van der Waals surface area contributed by atoms with Gasteiger partial charge in [-0.15, -0.1) is 0 Å². The lowest BCUT2D eigenvalue weighted by Crippen LogP contribution is -2.55. The number of nitrogens with zero attached hydrogens (tertiary/aromatic N) is 2. The molecule has 0 aromatic carbocycles. The molecule has 0 atom stereocenters. The van der Waals surface area contributed by atoms with Crippen molar-refractivity contribution in [3.63, 3.8) is 0 Å². The summed E-state index contributed by atoms with van der Waals surface area (Å²) in [5.74, 6) is -0.270. The van der Waals surface area contributed by atoms with Gasteiger partial charge in [0.25, 0.3) is 0 Å². The smallest absolute Gasteiger partial charge is 0.246 e. The zero-order chi connectivity index (χ0) is 14.7. The fraction of sp³-hybridized carbons (Fsp3) is 0.400. The molecule has 0 unspecified atom stereocenters. The Balaban J connectivity index is 1.80. The van der Waals surface area contributed by atoms with Crippen LogP contribution in [0.3, 0.4) is 0 Å². The number of carbonyl (C=O) groups excluding carboxylic acids is 2. The number of amides is 2. The highest BCUT2D eigenvalue weighted by atomic mass is 16.2. The van der Waals surface area contributed by atoms with Gasteiger partial charge in [0, 0.05) is 18.8 Å². The first-order valence-corrected chi connectivity index (χ1v) is 6.63. The van der Waals surface area contributed by atoms with Gasteiger partial charge in [0.2, 0.25) is 11.8 Å². The third-order valence-electron chi connectivity index (χ3n) is 3.59. The normalized spacial score (nSPS) is 14.6. The molecular formula is C15H19N3O2. The Hall–Kier alpha value is -2.17. The zero-order valence-corrected chi connectivity index (χ0v) is 11.8. The lowest BCUT2D eigenvalue weighted by Gasteiger charge is -2.37. The molecule has 5 nitrogen and oxygen atoms in total. The number of hydrogen-bond acceptors (Lipinski definition) is 3. The molecule has 1 aliphatic heterocycles. The highest BCUT2D eigenvalue weighted by Gasteiger charge is 2.34. The van der Waals surface area contributed by atoms with E-state index in [9.17, 15) is 9.59 Å². The van der Waals surface area contributed by atoms with E-state index in [-0.39, 0.29) is 17.7 Å². The second-order valence-corrected chi connectivity index (χ2v) is 5.07. The van der Waals surface area contributed by atoms with Crippen molar-refractivity contribution in [2.45, 2.75) is 20.4 Å². The van der Waals surface area contributed by atoms with Gasteiger partial charge in [0.1, 0.15) is 0 Å². The maximum absolute atomic E-state index is 11.9. The van der Waals surface area contributed by atoms with Gasteiger partial charge in [-0.1, -0.05) is 12.6 Å². The predicted molar refractivity (Wildman–Crippen MR) is 75.8 cm³/mol. The molecule has 2 amide bonds. The molecule has 0 saturated carbocycles. The second kappa shape index (κ2) is 5.86. The first kappa shape index (κ1) is 14.2. The third kappa shape index (κ3) is 3.04. The van der Waals surface area contributed by atoms with E-state index in [1.165, 1.54) is 6.08 Å². The summed E-state index contributed by atoms with van der Waals surface area (Å²) >= 11 is 0. The molecule has 2 heterocycles. The van der Waals surface area contributed by atoms with Gasteiger partial charge in [0.05, 0.1) is 18.2 Å². The van der Waals surface area contributed by atoms with Crippen LogP contribution in [0.4, 0.5) is 0 Å². The highest BCUT2D eigenvalue weighted by molar-refractivity contribution is 5.90. The fourth-order valence-electron chi connectivity index (χ4n) is 2.06. The largest absolute Gasteiger partial charge is 0.350 e. The highest BCUT2D eigenvalue weighted by Crippen LogP contribution is 2.16. The molecular weight excluding hydrogens is 254 g/mol. The first-order valence-electron chi connectivity index (χ1n) is 6.63. The fourth-order valence-corrected chi connectivity index (χ4v) is 2.06. The molecule has 2 rings (SSSR count). The van der Waals surface area contributed by atoms with E-state index in [2.05, 4.69) is 16.9 Å². The van der Waals surface area contributed by atoms with Crippen LogP contribution in [0.25, 0.3) is 0 Å². The number of carbonyl (C=O) groups is 2. The molecule has 1 fully saturated rings. The van der Waals surface area contributed by atoms with Gasteiger partial charge < -0.3 is 10.2 Å². The van der Waals surface area contributed by atoms with E-state index in [1.54, 1.807) is 4.90 Å². The van der Waals surface area contributed by atoms with Crippen molar-refractivity contribution in [3.05, 3.63) is 41.7 Å². The maximum Gasteiger partial charge on any atom is 0.246 e. The van der Waals surface area contributed by atoms with Gasteiger partial charge >= 0.3 is 0 Å². The molecule has 1 aromatic rings. The van der Waals surface area contributed by atoms with Crippen LogP contribution in [0.2, 0.25) is 0 Å². The van der Waals surface area contributed by atoms with Crippen LogP contribution in [0.15, 0.2) is 24.8 Å². The van der Waals surface area contributed by atoms with Gasteiger partial charge in [-0.25, -0.2) is 0 Å². The summed E-state index contributed by atoms with van der Waals surface area (Å²) in [4.78, 5) is 29.2. The Morgan fingerprint density at radius 1 is 1.45 bits per heavy atom. The lowest BCUT2D eigenvalue weighted by molar-refractivity contribution is -0.139. The van der Waals surface area contributed by atoms with Crippen LogP contribution in [0.1, 0.15) is 17.0 Å². The summed E-state index contributed by atoms with van der Waals surface area (Å²) in [6, 6.07) is 3.91. The molecule has 0 radical (unpaired) electrons. The topological polar surface area (TPSA) is 62.3 Å². The van der Waals surface area contributed by atoms with Gasteiger partial charge in [-0.3, -0.25) is 14.6 Å². The molecule has 1 aromatic heterocycles. The summed E-state index contributed by atoms with van der Waals surface area (Å²) in [5.41, 5.74) is 2.96. The van der Waals surface area contributed by atoms with E-state index in [0.717, 1.165) is 17.0 Å². The van der Waals surface area contributed by atoms with Gasteiger partial charge in [0.15, 0.2) is 0 Å². The standard InChI is InChI=1S/C15H19N3O2/c1-4-14(19)18-8-12(9-18)15(20)16-7-13-6-5-10(2)11(3)17-13/h4-6,12H,1,7-9H2,2-3H3,(H,16,20). The lowest BCUT2D eigenvalue weighted by atomic mass is 9.99. The monoisotopic (exact) mass is 273 g/mol. The van der Waals surface area contributed by atoms with Crippen LogP contribution in [0.5, 0.6) is 0 Å². The number of aromatic nitrogens is 1. The maximum atomic E-state index is 11.9. The number of hydrogen-bond donors (Lipinski definition) is 1. The van der Waals surface area contributed by atoms with Crippen LogP contribution in [-0.2, 0) is 16.1 Å². The van der Waals surface area contributed by atoms with Crippen molar-refractivity contribution in [2.24, 2.45) is 5.92 Å². The van der Waals surface area contributed by atoms with Crippen molar-refractivity contribution in [1.29, 1.82) is 0 Å². The minimum Gasteiger partial charge on any atom is -0.350 e. The average Bonchev–Trinajstić information content (AvgIpc) is 2.38. The Kier molecular flexibility index (Phi) is 4.17. The molecule has 0 aliphatic carbocycles. The second-order valence-electron chi connectivity index (χ2n) is 5.07. The quantitative estimate of drug-likeness (QED) is 0.831. The predicted octanol–water partition coefficient (Wildman–Crippen LogP) is 0.959. The van der Waals surface area contributed by atoms with E-state index >= 15 is 0 Å². The third-order valence-corrected chi connectivity index (χ3v) is 3.59. The number of aryl methyl sites for hydroxylation is 2. The molecule has 5 heteroatoms. The minimum atomic E-state index is -0.120. The SMILES string of the molecule is C=CC(=O)N1CC(C(=O)NCc2ccc(C)c(C)n2)C1. The summed E-state index contributed by atoms with van der Waals surface area (Å²) in [5, 5.41) is 2.86. The van der Waals surface area contributed by atoms with E-state index in [1.807, 2.05) is 26.0 Å². The summed E-state index contributed by atoms with van der Waals surface area (Å²) < 4.78 is 0. The number of nitrogens with one attached hydrogen (secondary N) is 1. The summed E-state index contributed by atoms with van der Waals surface area (Å²) in [6.45, 7) is 8.74. The average molecular weight is 273 g/mol. The molecule has 0 bridgehead atoms. The molecule has 1 N–H and O–H groups in total. The van der Waals surface area contributed by atoms with Crippen LogP contribution in [0, 0.1) is 19.8 Å². The van der Waals surface area contributed by atoms with Crippen molar-refractivity contribution in [2.75, 3.05) is 13.1 Å². The van der Waals surface area contributed by atoms with Crippen molar-refractivity contribution in [3.8, 4) is 0 Å². The van der Waals surface area contributed by atoms with E-state index in [0.29, 0.717) is 19.6 Å². The zero-order valence-electron chi connectivity index (χ0n) is 11.8. The van der Waals surface area contributed by atoms with Gasteiger partial charge in [-0.05, 0) is 31.6 Å². The number of rotatable bonds is 4. The minimum absolute atomic E-state index is 0.0295. The van der Waals surface area contributed by atoms with Crippen molar-refractivity contribution >= 4 is 11.8 Å². The number of likely N-dealkylation sites (tertiary alicyclic amines) is 1. The van der Waals surface area contributed by atoms with E-state index in [4.69, 9.17) is 0 Å². The Morgan fingerprint density at radius 2 is 2.15 bits per heavy atom. The summed E-state index contributed by atoms with van der Waals surface area (Å²) in [7, 11) is 0. The van der Waals surface area contributed by atoms with Crippen molar-refractivity contribution in [1.82, 2.24) is 15.2 Å². The Morgan fingerprint density at radius 3 is 2.75 bits per heavy atom. The number of pyridine rings is 1. The first-order chi connectivity index (χ1) is 9.51. The molecule has 1 saturated heterocycles. The van der Waals surface area contributed by atoms with Crippen LogP contribution >= 0.6 is 0 Å². The Bertz CT molecular complexity index is 548. The van der Waals surface area contributed by atoms with E-state index < -0.39 is 0 Å². The molecule has 0 spiro atoms.